The Morgan fingerprint density at radius 3 is 1.26 bits per heavy atom. The maximum atomic E-state index is 9.29. The monoisotopic (exact) mass is 300 g/mol. The van der Waals surface area contributed by atoms with Crippen LogP contribution < -0.4 is 0 Å². The van der Waals surface area contributed by atoms with Crippen molar-refractivity contribution in [2.45, 2.75) is 11.8 Å². The van der Waals surface area contributed by atoms with Crippen LogP contribution in [0.4, 0.5) is 0 Å². The zero-order valence-corrected chi connectivity index (χ0v) is 13.0. The van der Waals surface area contributed by atoms with Crippen molar-refractivity contribution in [1.82, 2.24) is 0 Å². The molecule has 1 nitrogen and oxygen atoms in total. The van der Waals surface area contributed by atoms with E-state index in [4.69, 9.17) is 0 Å². The zero-order valence-electron chi connectivity index (χ0n) is 13.0. The minimum atomic E-state index is -0.316. The quantitative estimate of drug-likeness (QED) is 0.488. The van der Waals surface area contributed by atoms with E-state index in [0.29, 0.717) is 6.42 Å². The topological polar surface area (TPSA) is 20.2 Å². The number of aliphatic hydroxyl groups is 1. The molecular weight excluding hydrogens is 280 g/mol. The Morgan fingerprint density at radius 2 is 0.957 bits per heavy atom. The molecule has 0 aromatic heterocycles. The SMILES string of the molecule is OC=CCC(c1ccccc1)(c1ccccc1)c1ccccc1. The summed E-state index contributed by atoms with van der Waals surface area (Å²) >= 11 is 0. The lowest BCUT2D eigenvalue weighted by atomic mass is 9.67. The van der Waals surface area contributed by atoms with Crippen molar-refractivity contribution in [1.29, 1.82) is 0 Å². The van der Waals surface area contributed by atoms with Crippen LogP contribution >= 0.6 is 0 Å². The first kappa shape index (κ1) is 15.1. The van der Waals surface area contributed by atoms with E-state index in [0.717, 1.165) is 6.26 Å². The number of hydrogen-bond donors (Lipinski definition) is 1. The Balaban J connectivity index is 2.30. The van der Waals surface area contributed by atoms with Gasteiger partial charge in [0, 0.05) is 5.41 Å². The standard InChI is InChI=1S/C22H20O/c23-18-10-17-22(19-11-4-1-5-12-19,20-13-6-2-7-14-20)21-15-8-3-9-16-21/h1-16,18,23H,17H2. The number of hydrogen-bond acceptors (Lipinski definition) is 1. The highest BCUT2D eigenvalue weighted by Crippen LogP contribution is 2.42. The maximum Gasteiger partial charge on any atom is 0.0752 e. The van der Waals surface area contributed by atoms with Gasteiger partial charge in [-0.25, -0.2) is 0 Å². The van der Waals surface area contributed by atoms with Gasteiger partial charge in [0.1, 0.15) is 0 Å². The first-order valence-corrected chi connectivity index (χ1v) is 7.84. The molecule has 0 aliphatic heterocycles. The summed E-state index contributed by atoms with van der Waals surface area (Å²) in [6, 6.07) is 31.5. The van der Waals surface area contributed by atoms with E-state index in [1.54, 1.807) is 0 Å². The molecule has 0 fully saturated rings. The van der Waals surface area contributed by atoms with Gasteiger partial charge in [-0.3, -0.25) is 0 Å². The molecule has 23 heavy (non-hydrogen) atoms. The Hall–Kier alpha value is -2.80. The third-order valence-electron chi connectivity index (χ3n) is 4.33. The first-order valence-electron chi connectivity index (χ1n) is 7.84. The fourth-order valence-corrected chi connectivity index (χ4v) is 3.25. The van der Waals surface area contributed by atoms with E-state index in [2.05, 4.69) is 72.8 Å². The summed E-state index contributed by atoms with van der Waals surface area (Å²) < 4.78 is 0. The van der Waals surface area contributed by atoms with Gasteiger partial charge < -0.3 is 5.11 Å². The van der Waals surface area contributed by atoms with Crippen LogP contribution in [0.1, 0.15) is 23.1 Å². The Kier molecular flexibility index (Phi) is 4.58. The molecule has 0 amide bonds. The van der Waals surface area contributed by atoms with Gasteiger partial charge in [-0.1, -0.05) is 91.0 Å². The number of aliphatic hydroxyl groups excluding tert-OH is 1. The molecule has 0 unspecified atom stereocenters. The molecule has 0 atom stereocenters. The average Bonchev–Trinajstić information content (AvgIpc) is 2.65. The molecule has 3 aromatic carbocycles. The van der Waals surface area contributed by atoms with E-state index in [9.17, 15) is 5.11 Å². The van der Waals surface area contributed by atoms with E-state index in [1.165, 1.54) is 16.7 Å². The van der Waals surface area contributed by atoms with E-state index in [-0.39, 0.29) is 5.41 Å². The van der Waals surface area contributed by atoms with Crippen molar-refractivity contribution in [2.75, 3.05) is 0 Å². The molecule has 1 N–H and O–H groups in total. The van der Waals surface area contributed by atoms with Crippen LogP contribution in [0.2, 0.25) is 0 Å². The highest BCUT2D eigenvalue weighted by atomic mass is 16.2. The van der Waals surface area contributed by atoms with Gasteiger partial charge >= 0.3 is 0 Å². The van der Waals surface area contributed by atoms with Crippen LogP contribution in [0.15, 0.2) is 103 Å². The molecule has 1 heteroatoms. The molecule has 0 aliphatic carbocycles. The van der Waals surface area contributed by atoms with Crippen molar-refractivity contribution in [2.24, 2.45) is 0 Å². The lowest BCUT2D eigenvalue weighted by Gasteiger charge is -2.35. The van der Waals surface area contributed by atoms with Gasteiger partial charge in [0.15, 0.2) is 0 Å². The molecule has 0 saturated carbocycles. The Morgan fingerprint density at radius 1 is 0.609 bits per heavy atom. The largest absolute Gasteiger partial charge is 0.516 e. The molecular formula is C22H20O. The molecule has 0 radical (unpaired) electrons. The zero-order chi connectivity index (χ0) is 16.0. The van der Waals surface area contributed by atoms with Gasteiger partial charge in [0.25, 0.3) is 0 Å². The van der Waals surface area contributed by atoms with Crippen LogP contribution in [0, 0.1) is 0 Å². The molecule has 0 aliphatic rings. The normalized spacial score (nSPS) is 11.7. The second-order valence-corrected chi connectivity index (χ2v) is 5.59. The fraction of sp³-hybridized carbons (Fsp3) is 0.0909. The second kappa shape index (κ2) is 6.97. The summed E-state index contributed by atoms with van der Waals surface area (Å²) in [5.41, 5.74) is 3.34. The van der Waals surface area contributed by atoms with Crippen molar-refractivity contribution in [3.8, 4) is 0 Å². The van der Waals surface area contributed by atoms with Crippen LogP contribution in [-0.4, -0.2) is 5.11 Å². The smallest absolute Gasteiger partial charge is 0.0752 e. The third-order valence-corrected chi connectivity index (χ3v) is 4.33. The van der Waals surface area contributed by atoms with E-state index >= 15 is 0 Å². The molecule has 3 rings (SSSR count). The van der Waals surface area contributed by atoms with Crippen molar-refractivity contribution in [3.63, 3.8) is 0 Å². The van der Waals surface area contributed by atoms with Gasteiger partial charge in [-0.15, -0.1) is 0 Å². The van der Waals surface area contributed by atoms with Crippen LogP contribution in [0.3, 0.4) is 0 Å². The molecule has 0 bridgehead atoms. The molecule has 114 valence electrons. The summed E-state index contributed by atoms with van der Waals surface area (Å²) in [6.45, 7) is 0. The van der Waals surface area contributed by atoms with Crippen molar-refractivity contribution < 1.29 is 5.11 Å². The number of benzene rings is 3. The highest BCUT2D eigenvalue weighted by Gasteiger charge is 2.34. The maximum absolute atomic E-state index is 9.29. The predicted octanol–water partition coefficient (Wildman–Crippen LogP) is 5.48. The first-order chi connectivity index (χ1) is 11.4. The fourth-order valence-electron chi connectivity index (χ4n) is 3.25. The van der Waals surface area contributed by atoms with E-state index < -0.39 is 0 Å². The van der Waals surface area contributed by atoms with Crippen molar-refractivity contribution >= 4 is 0 Å². The van der Waals surface area contributed by atoms with Gasteiger partial charge in [-0.05, 0) is 29.2 Å². The predicted molar refractivity (Wildman–Crippen MR) is 95.6 cm³/mol. The molecule has 3 aromatic rings. The van der Waals surface area contributed by atoms with Crippen LogP contribution in [0.5, 0.6) is 0 Å². The van der Waals surface area contributed by atoms with Crippen LogP contribution in [0.25, 0.3) is 0 Å². The molecule has 0 spiro atoms. The lowest BCUT2D eigenvalue weighted by molar-refractivity contribution is 0.466. The summed E-state index contributed by atoms with van der Waals surface area (Å²) in [7, 11) is 0. The summed E-state index contributed by atoms with van der Waals surface area (Å²) in [4.78, 5) is 0. The third kappa shape index (κ3) is 2.91. The van der Waals surface area contributed by atoms with Gasteiger partial charge in [-0.2, -0.15) is 0 Å². The Labute approximate surface area is 137 Å². The summed E-state index contributed by atoms with van der Waals surface area (Å²) in [5, 5.41) is 9.29. The number of allylic oxidation sites excluding steroid dienone is 1. The lowest BCUT2D eigenvalue weighted by Crippen LogP contribution is -2.28. The highest BCUT2D eigenvalue weighted by molar-refractivity contribution is 5.50. The Bertz CT molecular complexity index is 649. The second-order valence-electron chi connectivity index (χ2n) is 5.59. The molecule has 0 heterocycles. The summed E-state index contributed by atoms with van der Waals surface area (Å²) in [5.74, 6) is 0. The van der Waals surface area contributed by atoms with Crippen LogP contribution in [-0.2, 0) is 5.41 Å². The van der Waals surface area contributed by atoms with Gasteiger partial charge in [0.05, 0.1) is 6.26 Å². The molecule has 0 saturated heterocycles. The summed E-state index contributed by atoms with van der Waals surface area (Å²) in [6.07, 6.45) is 3.66. The van der Waals surface area contributed by atoms with Crippen molar-refractivity contribution in [3.05, 3.63) is 120 Å². The average molecular weight is 300 g/mol. The van der Waals surface area contributed by atoms with E-state index in [1.807, 2.05) is 24.3 Å². The van der Waals surface area contributed by atoms with Gasteiger partial charge in [0.2, 0.25) is 0 Å². The number of rotatable bonds is 5. The minimum Gasteiger partial charge on any atom is -0.516 e. The minimum absolute atomic E-state index is 0.316.